The van der Waals surface area contributed by atoms with Crippen LogP contribution in [0.5, 0.6) is 0 Å². The van der Waals surface area contributed by atoms with E-state index in [9.17, 15) is 0 Å². The summed E-state index contributed by atoms with van der Waals surface area (Å²) in [5.74, 6) is 0. The van der Waals surface area contributed by atoms with Gasteiger partial charge in [0, 0.05) is 31.0 Å². The summed E-state index contributed by atoms with van der Waals surface area (Å²) in [6.07, 6.45) is 6.23. The highest BCUT2D eigenvalue weighted by Crippen LogP contribution is 2.10. The van der Waals surface area contributed by atoms with E-state index in [1.807, 2.05) is 12.1 Å². The fourth-order valence-electron chi connectivity index (χ4n) is 2.14. The van der Waals surface area contributed by atoms with Crippen molar-refractivity contribution in [2.24, 2.45) is 0 Å². The number of nitrogens with one attached hydrogen (secondary N) is 2. The van der Waals surface area contributed by atoms with Gasteiger partial charge in [-0.3, -0.25) is 10.00 Å². The zero-order chi connectivity index (χ0) is 11.2. The van der Waals surface area contributed by atoms with Gasteiger partial charge in [0.1, 0.15) is 0 Å². The minimum absolute atomic E-state index is 0. The van der Waals surface area contributed by atoms with Crippen molar-refractivity contribution in [3.63, 3.8) is 0 Å². The van der Waals surface area contributed by atoms with Crippen molar-refractivity contribution in [1.29, 1.82) is 0 Å². The Morgan fingerprint density at radius 3 is 2.88 bits per heavy atom. The molecule has 2 rings (SSSR count). The molecule has 0 radical (unpaired) electrons. The lowest BCUT2D eigenvalue weighted by Gasteiger charge is -2.31. The lowest BCUT2D eigenvalue weighted by Crippen LogP contribution is -2.42. The van der Waals surface area contributed by atoms with Crippen molar-refractivity contribution < 1.29 is 0 Å². The van der Waals surface area contributed by atoms with E-state index in [0.717, 1.165) is 18.8 Å². The number of rotatable bonds is 5. The molecule has 2 N–H and O–H groups in total. The average Bonchev–Trinajstić information content (AvgIpc) is 2.82. The second-order valence-electron chi connectivity index (χ2n) is 4.33. The van der Waals surface area contributed by atoms with Crippen molar-refractivity contribution in [3.05, 3.63) is 30.6 Å². The van der Waals surface area contributed by atoms with Crippen molar-refractivity contribution in [2.75, 3.05) is 19.6 Å². The van der Waals surface area contributed by atoms with E-state index in [0.29, 0.717) is 6.04 Å². The summed E-state index contributed by atoms with van der Waals surface area (Å²) >= 11 is 0. The minimum Gasteiger partial charge on any atom is -0.308 e. The molecular formula is C12H21ClN4. The lowest BCUT2D eigenvalue weighted by atomic mass is 10.1. The molecule has 0 aliphatic carbocycles. The predicted molar refractivity (Wildman–Crippen MR) is 72.3 cm³/mol. The largest absolute Gasteiger partial charge is 0.308 e. The van der Waals surface area contributed by atoms with Crippen LogP contribution in [-0.4, -0.2) is 40.8 Å². The topological polar surface area (TPSA) is 44.0 Å². The number of H-pyrrole nitrogens is 1. The molecule has 1 aliphatic rings. The third kappa shape index (κ3) is 4.50. The highest BCUT2D eigenvalue weighted by Gasteiger charge is 2.17. The van der Waals surface area contributed by atoms with Crippen LogP contribution in [0.1, 0.15) is 18.5 Å². The molecule has 1 saturated heterocycles. The zero-order valence-electron chi connectivity index (χ0n) is 10.1. The molecule has 0 amide bonds. The number of halogens is 1. The van der Waals surface area contributed by atoms with Crippen LogP contribution in [0.3, 0.4) is 0 Å². The molecule has 1 aromatic rings. The number of piperidine rings is 1. The minimum atomic E-state index is 0. The van der Waals surface area contributed by atoms with Gasteiger partial charge in [-0.15, -0.1) is 19.0 Å². The summed E-state index contributed by atoms with van der Waals surface area (Å²) in [5, 5.41) is 10.5. The number of hydrogen-bond donors (Lipinski definition) is 2. The molecule has 1 aliphatic heterocycles. The Kier molecular flexibility index (Phi) is 6.26. The first-order chi connectivity index (χ1) is 7.88. The molecule has 4 nitrogen and oxygen atoms in total. The van der Waals surface area contributed by atoms with Gasteiger partial charge in [0.05, 0.1) is 0 Å². The predicted octanol–water partition coefficient (Wildman–Crippen LogP) is 1.57. The van der Waals surface area contributed by atoms with E-state index >= 15 is 0 Å². The summed E-state index contributed by atoms with van der Waals surface area (Å²) < 4.78 is 0. The van der Waals surface area contributed by atoms with Crippen LogP contribution in [0.4, 0.5) is 0 Å². The third-order valence-electron chi connectivity index (χ3n) is 3.11. The Morgan fingerprint density at radius 2 is 2.29 bits per heavy atom. The van der Waals surface area contributed by atoms with E-state index < -0.39 is 0 Å². The fourth-order valence-corrected chi connectivity index (χ4v) is 2.14. The van der Waals surface area contributed by atoms with Crippen molar-refractivity contribution in [2.45, 2.75) is 25.4 Å². The van der Waals surface area contributed by atoms with Crippen LogP contribution in [0.15, 0.2) is 24.9 Å². The molecule has 5 heteroatoms. The Bertz CT molecular complexity index is 304. The third-order valence-corrected chi connectivity index (χ3v) is 3.11. The van der Waals surface area contributed by atoms with Crippen LogP contribution >= 0.6 is 12.4 Å². The van der Waals surface area contributed by atoms with Gasteiger partial charge < -0.3 is 5.32 Å². The molecule has 0 saturated carbocycles. The SMILES string of the molecule is C=CCN1CCC(NCc2ccn[nH]2)CC1.Cl. The Morgan fingerprint density at radius 1 is 1.53 bits per heavy atom. The Balaban J connectivity index is 0.00000144. The van der Waals surface area contributed by atoms with Crippen LogP contribution in [0.2, 0.25) is 0 Å². The van der Waals surface area contributed by atoms with E-state index in [1.54, 1.807) is 6.20 Å². The monoisotopic (exact) mass is 256 g/mol. The van der Waals surface area contributed by atoms with Crippen LogP contribution in [0, 0.1) is 0 Å². The maximum absolute atomic E-state index is 3.94. The van der Waals surface area contributed by atoms with Crippen LogP contribution in [0.25, 0.3) is 0 Å². The van der Waals surface area contributed by atoms with Gasteiger partial charge in [0.25, 0.3) is 0 Å². The van der Waals surface area contributed by atoms with E-state index in [-0.39, 0.29) is 12.4 Å². The molecule has 2 heterocycles. The maximum Gasteiger partial charge on any atom is 0.0490 e. The first-order valence-corrected chi connectivity index (χ1v) is 5.93. The van der Waals surface area contributed by atoms with Gasteiger partial charge in [-0.1, -0.05) is 6.08 Å². The van der Waals surface area contributed by atoms with Gasteiger partial charge in [-0.2, -0.15) is 5.10 Å². The highest BCUT2D eigenvalue weighted by atomic mass is 35.5. The second kappa shape index (κ2) is 7.48. The molecule has 17 heavy (non-hydrogen) atoms. The van der Waals surface area contributed by atoms with Gasteiger partial charge >= 0.3 is 0 Å². The van der Waals surface area contributed by atoms with Gasteiger partial charge in [-0.05, 0) is 32.0 Å². The number of aromatic amines is 1. The standard InChI is InChI=1S/C12H20N4.ClH/c1-2-7-16-8-4-11(5-9-16)13-10-12-3-6-14-15-12;/h2-3,6,11,13H,1,4-5,7-10H2,(H,14,15);1H. The summed E-state index contributed by atoms with van der Waals surface area (Å²) in [4.78, 5) is 2.45. The highest BCUT2D eigenvalue weighted by molar-refractivity contribution is 5.85. The summed E-state index contributed by atoms with van der Waals surface area (Å²) in [7, 11) is 0. The molecule has 96 valence electrons. The maximum atomic E-state index is 3.94. The summed E-state index contributed by atoms with van der Waals surface area (Å²) in [6.45, 7) is 8.04. The van der Waals surface area contributed by atoms with E-state index in [2.05, 4.69) is 27.0 Å². The average molecular weight is 257 g/mol. The summed E-state index contributed by atoms with van der Waals surface area (Å²) in [6, 6.07) is 2.66. The number of hydrogen-bond acceptors (Lipinski definition) is 3. The number of likely N-dealkylation sites (tertiary alicyclic amines) is 1. The Hall–Kier alpha value is -0.840. The first-order valence-electron chi connectivity index (χ1n) is 5.93. The molecular weight excluding hydrogens is 236 g/mol. The van der Waals surface area contributed by atoms with Crippen molar-refractivity contribution in [3.8, 4) is 0 Å². The molecule has 0 bridgehead atoms. The number of nitrogens with zero attached hydrogens (tertiary/aromatic N) is 2. The zero-order valence-corrected chi connectivity index (χ0v) is 10.9. The lowest BCUT2D eigenvalue weighted by molar-refractivity contribution is 0.214. The molecule has 1 fully saturated rings. The fraction of sp³-hybridized carbons (Fsp3) is 0.583. The van der Waals surface area contributed by atoms with Crippen LogP contribution in [-0.2, 0) is 6.54 Å². The van der Waals surface area contributed by atoms with E-state index in [1.165, 1.54) is 25.9 Å². The van der Waals surface area contributed by atoms with Gasteiger partial charge in [0.2, 0.25) is 0 Å². The molecule has 0 atom stereocenters. The van der Waals surface area contributed by atoms with Gasteiger partial charge in [0.15, 0.2) is 0 Å². The number of aromatic nitrogens is 2. The first kappa shape index (κ1) is 14.2. The quantitative estimate of drug-likeness (QED) is 0.786. The second-order valence-corrected chi connectivity index (χ2v) is 4.33. The van der Waals surface area contributed by atoms with Crippen molar-refractivity contribution >= 4 is 12.4 Å². The summed E-state index contributed by atoms with van der Waals surface area (Å²) in [5.41, 5.74) is 1.16. The van der Waals surface area contributed by atoms with E-state index in [4.69, 9.17) is 0 Å². The smallest absolute Gasteiger partial charge is 0.0490 e. The molecule has 1 aromatic heterocycles. The molecule has 0 unspecified atom stereocenters. The van der Waals surface area contributed by atoms with Crippen LogP contribution < -0.4 is 5.32 Å². The molecule has 0 spiro atoms. The Labute approximate surface area is 109 Å². The van der Waals surface area contributed by atoms with Crippen molar-refractivity contribution in [1.82, 2.24) is 20.4 Å². The normalized spacial score (nSPS) is 17.6. The van der Waals surface area contributed by atoms with Gasteiger partial charge in [-0.25, -0.2) is 0 Å². The molecule has 0 aromatic carbocycles.